The fraction of sp³-hybridized carbons (Fsp3) is 0.188. The number of rotatable bonds is 4. The quantitative estimate of drug-likeness (QED) is 0.617. The fourth-order valence-electron chi connectivity index (χ4n) is 1.78. The molecule has 2 aromatic rings. The Bertz CT molecular complexity index is 578. The molecule has 19 heavy (non-hydrogen) atoms. The number of hydrogen-bond donors (Lipinski definition) is 0. The van der Waals surface area contributed by atoms with Crippen molar-refractivity contribution in [3.8, 4) is 5.75 Å². The molecule has 2 rings (SSSR count). The summed E-state index contributed by atoms with van der Waals surface area (Å²) in [5, 5.41) is 0. The van der Waals surface area contributed by atoms with E-state index in [0.717, 1.165) is 5.56 Å². The first-order valence-corrected chi connectivity index (χ1v) is 6.22. The smallest absolute Gasteiger partial charge is 0.310 e. The van der Waals surface area contributed by atoms with Gasteiger partial charge in [0.1, 0.15) is 11.6 Å². The molecule has 0 spiro atoms. The molecular weight excluding hydrogens is 243 g/mol. The molecule has 0 saturated heterocycles. The van der Waals surface area contributed by atoms with Crippen LogP contribution in [-0.2, 0) is 11.2 Å². The van der Waals surface area contributed by atoms with Crippen molar-refractivity contribution in [2.75, 3.05) is 0 Å². The summed E-state index contributed by atoms with van der Waals surface area (Å²) in [4.78, 5) is 11.2. The van der Waals surface area contributed by atoms with Crippen LogP contribution in [0.2, 0.25) is 0 Å². The number of carbonyl (C=O) groups is 1. The summed E-state index contributed by atoms with van der Waals surface area (Å²) in [6.45, 7) is 1.74. The highest BCUT2D eigenvalue weighted by Gasteiger charge is 2.05. The number of carbonyl (C=O) groups excluding carboxylic acids is 1. The van der Waals surface area contributed by atoms with Crippen molar-refractivity contribution in [1.29, 1.82) is 0 Å². The Kier molecular flexibility index (Phi) is 4.29. The van der Waals surface area contributed by atoms with Crippen molar-refractivity contribution in [3.63, 3.8) is 0 Å². The van der Waals surface area contributed by atoms with Crippen molar-refractivity contribution in [2.45, 2.75) is 19.8 Å². The molecule has 0 fully saturated rings. The van der Waals surface area contributed by atoms with E-state index >= 15 is 0 Å². The lowest BCUT2D eigenvalue weighted by atomic mass is 10.0. The largest absolute Gasteiger partial charge is 0.427 e. The molecule has 0 unspecified atom stereocenters. The standard InChI is InChI=1S/C16H15FO2/c1-2-16(18)19-14-8-5-6-12(11-14)10-13-7-3-4-9-15(13)17/h3-9,11H,2,10H2,1H3. The summed E-state index contributed by atoms with van der Waals surface area (Å²) in [5.41, 5.74) is 1.54. The van der Waals surface area contributed by atoms with Gasteiger partial charge >= 0.3 is 5.97 Å². The predicted octanol–water partition coefficient (Wildman–Crippen LogP) is 3.73. The molecule has 0 radical (unpaired) electrons. The maximum atomic E-state index is 13.6. The van der Waals surface area contributed by atoms with E-state index in [1.807, 2.05) is 6.07 Å². The van der Waals surface area contributed by atoms with Crippen LogP contribution in [0.3, 0.4) is 0 Å². The maximum absolute atomic E-state index is 13.6. The Hall–Kier alpha value is -2.16. The maximum Gasteiger partial charge on any atom is 0.310 e. The second kappa shape index (κ2) is 6.14. The van der Waals surface area contributed by atoms with Crippen molar-refractivity contribution >= 4 is 5.97 Å². The van der Waals surface area contributed by atoms with Gasteiger partial charge < -0.3 is 4.74 Å². The molecule has 0 atom stereocenters. The van der Waals surface area contributed by atoms with Crippen LogP contribution >= 0.6 is 0 Å². The van der Waals surface area contributed by atoms with Crippen LogP contribution in [0.1, 0.15) is 24.5 Å². The first-order valence-electron chi connectivity index (χ1n) is 6.22. The molecule has 2 nitrogen and oxygen atoms in total. The molecule has 0 N–H and O–H groups in total. The van der Waals surface area contributed by atoms with Gasteiger partial charge in [-0.15, -0.1) is 0 Å². The highest BCUT2D eigenvalue weighted by molar-refractivity contribution is 5.71. The van der Waals surface area contributed by atoms with E-state index in [9.17, 15) is 9.18 Å². The van der Waals surface area contributed by atoms with Gasteiger partial charge in [-0.2, -0.15) is 0 Å². The Morgan fingerprint density at radius 3 is 2.68 bits per heavy atom. The van der Waals surface area contributed by atoms with Crippen molar-refractivity contribution < 1.29 is 13.9 Å². The van der Waals surface area contributed by atoms with Gasteiger partial charge in [-0.1, -0.05) is 37.3 Å². The van der Waals surface area contributed by atoms with E-state index < -0.39 is 0 Å². The monoisotopic (exact) mass is 258 g/mol. The summed E-state index contributed by atoms with van der Waals surface area (Å²) in [6.07, 6.45) is 0.807. The summed E-state index contributed by atoms with van der Waals surface area (Å²) >= 11 is 0. The zero-order valence-corrected chi connectivity index (χ0v) is 10.7. The molecular formula is C16H15FO2. The van der Waals surface area contributed by atoms with Gasteiger partial charge in [-0.05, 0) is 29.3 Å². The molecule has 0 aliphatic rings. The Balaban J connectivity index is 2.15. The molecule has 98 valence electrons. The van der Waals surface area contributed by atoms with Crippen LogP contribution in [0.4, 0.5) is 4.39 Å². The Labute approximate surface area is 111 Å². The highest BCUT2D eigenvalue weighted by Crippen LogP contribution is 2.18. The van der Waals surface area contributed by atoms with Crippen molar-refractivity contribution in [3.05, 3.63) is 65.5 Å². The zero-order chi connectivity index (χ0) is 13.7. The number of esters is 1. The Morgan fingerprint density at radius 1 is 1.16 bits per heavy atom. The van der Waals surface area contributed by atoms with Gasteiger partial charge in [-0.3, -0.25) is 4.79 Å². The number of ether oxygens (including phenoxy) is 1. The van der Waals surface area contributed by atoms with Crippen LogP contribution < -0.4 is 4.74 Å². The van der Waals surface area contributed by atoms with Crippen LogP contribution in [0.25, 0.3) is 0 Å². The minimum absolute atomic E-state index is 0.224. The molecule has 3 heteroatoms. The van der Waals surface area contributed by atoms with E-state index in [2.05, 4.69) is 0 Å². The summed E-state index contributed by atoms with van der Waals surface area (Å²) in [5.74, 6) is 0.00202. The van der Waals surface area contributed by atoms with Gasteiger partial charge in [0, 0.05) is 12.8 Å². The van der Waals surface area contributed by atoms with Crippen LogP contribution in [-0.4, -0.2) is 5.97 Å². The lowest BCUT2D eigenvalue weighted by molar-refractivity contribution is -0.134. The molecule has 0 heterocycles. The van der Waals surface area contributed by atoms with Crippen molar-refractivity contribution in [2.24, 2.45) is 0 Å². The first-order chi connectivity index (χ1) is 9.19. The van der Waals surface area contributed by atoms with E-state index in [1.165, 1.54) is 6.07 Å². The third kappa shape index (κ3) is 3.65. The number of benzene rings is 2. The van der Waals surface area contributed by atoms with Gasteiger partial charge in [0.2, 0.25) is 0 Å². The van der Waals surface area contributed by atoms with E-state index in [4.69, 9.17) is 4.74 Å². The molecule has 0 aliphatic heterocycles. The number of hydrogen-bond acceptors (Lipinski definition) is 2. The summed E-state index contributed by atoms with van der Waals surface area (Å²) < 4.78 is 18.7. The average Bonchev–Trinajstić information content (AvgIpc) is 2.42. The normalized spacial score (nSPS) is 10.2. The average molecular weight is 258 g/mol. The Morgan fingerprint density at radius 2 is 1.95 bits per heavy atom. The molecule has 0 bridgehead atoms. The molecule has 2 aromatic carbocycles. The fourth-order valence-corrected chi connectivity index (χ4v) is 1.78. The lowest BCUT2D eigenvalue weighted by Gasteiger charge is -2.06. The van der Waals surface area contributed by atoms with E-state index in [1.54, 1.807) is 43.3 Å². The SMILES string of the molecule is CCC(=O)Oc1cccc(Cc2ccccc2F)c1. The molecule has 0 aromatic heterocycles. The molecule has 0 saturated carbocycles. The van der Waals surface area contributed by atoms with E-state index in [-0.39, 0.29) is 11.8 Å². The van der Waals surface area contributed by atoms with Crippen molar-refractivity contribution in [1.82, 2.24) is 0 Å². The van der Waals surface area contributed by atoms with Gasteiger partial charge in [0.25, 0.3) is 0 Å². The van der Waals surface area contributed by atoms with Crippen LogP contribution in [0, 0.1) is 5.82 Å². The van der Waals surface area contributed by atoms with Gasteiger partial charge in [0.05, 0.1) is 0 Å². The first kappa shape index (κ1) is 13.3. The predicted molar refractivity (Wildman–Crippen MR) is 71.6 cm³/mol. The second-order valence-corrected chi connectivity index (χ2v) is 4.24. The van der Waals surface area contributed by atoms with E-state index in [0.29, 0.717) is 24.2 Å². The molecule has 0 aliphatic carbocycles. The minimum Gasteiger partial charge on any atom is -0.427 e. The third-order valence-corrected chi connectivity index (χ3v) is 2.77. The second-order valence-electron chi connectivity index (χ2n) is 4.24. The van der Waals surface area contributed by atoms with Crippen LogP contribution in [0.5, 0.6) is 5.75 Å². The zero-order valence-electron chi connectivity index (χ0n) is 10.7. The van der Waals surface area contributed by atoms with Gasteiger partial charge in [0.15, 0.2) is 0 Å². The van der Waals surface area contributed by atoms with Gasteiger partial charge in [-0.25, -0.2) is 4.39 Å². The topological polar surface area (TPSA) is 26.3 Å². The summed E-state index contributed by atoms with van der Waals surface area (Å²) in [6, 6.07) is 13.8. The van der Waals surface area contributed by atoms with Crippen LogP contribution in [0.15, 0.2) is 48.5 Å². The lowest BCUT2D eigenvalue weighted by Crippen LogP contribution is -2.05. The highest BCUT2D eigenvalue weighted by atomic mass is 19.1. The third-order valence-electron chi connectivity index (χ3n) is 2.77. The number of halogens is 1. The minimum atomic E-state index is -0.275. The summed E-state index contributed by atoms with van der Waals surface area (Å²) in [7, 11) is 0. The molecule has 0 amide bonds.